The summed E-state index contributed by atoms with van der Waals surface area (Å²) in [5, 5.41) is 0.0339. The van der Waals surface area contributed by atoms with Crippen LogP contribution >= 0.6 is 11.6 Å². The third kappa shape index (κ3) is 1.44. The van der Waals surface area contributed by atoms with Gasteiger partial charge in [0.25, 0.3) is 0 Å². The summed E-state index contributed by atoms with van der Waals surface area (Å²) in [6.45, 7) is 1.99. The molecule has 1 unspecified atom stereocenters. The Hall–Kier alpha value is -0.890. The second kappa shape index (κ2) is 3.35. The molecule has 0 saturated heterocycles. The first-order chi connectivity index (χ1) is 6.59. The van der Waals surface area contributed by atoms with E-state index >= 15 is 0 Å². The van der Waals surface area contributed by atoms with Crippen LogP contribution in [0.3, 0.4) is 0 Å². The highest BCUT2D eigenvalue weighted by atomic mass is 35.5. The molecule has 1 aliphatic carbocycles. The van der Waals surface area contributed by atoms with E-state index in [-0.39, 0.29) is 16.4 Å². The molecule has 0 aliphatic heterocycles. The number of hydrogen-bond donors (Lipinski definition) is 0. The fraction of sp³-hybridized carbons (Fsp3) is 0.364. The van der Waals surface area contributed by atoms with Crippen LogP contribution < -0.4 is 0 Å². The molecule has 74 valence electrons. The zero-order chi connectivity index (χ0) is 10.3. The molecule has 1 aromatic carbocycles. The Bertz CT molecular complexity index is 401. The van der Waals surface area contributed by atoms with Gasteiger partial charge < -0.3 is 0 Å². The molecule has 0 radical (unpaired) electrons. The number of fused-ring (bicyclic) bond motifs is 1. The van der Waals surface area contributed by atoms with Gasteiger partial charge in [-0.1, -0.05) is 24.6 Å². The minimum atomic E-state index is -0.555. The summed E-state index contributed by atoms with van der Waals surface area (Å²) in [7, 11) is 0. The fourth-order valence-electron chi connectivity index (χ4n) is 1.93. The number of hydrogen-bond acceptors (Lipinski definition) is 1. The molecule has 2 rings (SSSR count). The predicted molar refractivity (Wildman–Crippen MR) is 53.2 cm³/mol. The summed E-state index contributed by atoms with van der Waals surface area (Å²) in [5.41, 5.74) is 0.992. The highest BCUT2D eigenvalue weighted by molar-refractivity contribution is 6.31. The summed E-state index contributed by atoms with van der Waals surface area (Å²) >= 11 is 5.62. The van der Waals surface area contributed by atoms with E-state index in [0.29, 0.717) is 12.3 Å². The van der Waals surface area contributed by atoms with Gasteiger partial charge in [0.15, 0.2) is 11.6 Å². The lowest BCUT2D eigenvalue weighted by Gasteiger charge is -2.20. The zero-order valence-corrected chi connectivity index (χ0v) is 8.57. The van der Waals surface area contributed by atoms with Crippen LogP contribution in [-0.2, 0) is 6.42 Å². The monoisotopic (exact) mass is 212 g/mol. The molecule has 0 fully saturated rings. The molecule has 14 heavy (non-hydrogen) atoms. The van der Waals surface area contributed by atoms with Crippen molar-refractivity contribution >= 4 is 17.4 Å². The smallest absolute Gasteiger partial charge is 0.166 e. The van der Waals surface area contributed by atoms with Crippen molar-refractivity contribution in [2.24, 2.45) is 5.92 Å². The van der Waals surface area contributed by atoms with Gasteiger partial charge in [-0.2, -0.15) is 0 Å². The highest BCUT2D eigenvalue weighted by Gasteiger charge is 2.26. The molecule has 1 nitrogen and oxygen atoms in total. The van der Waals surface area contributed by atoms with E-state index in [9.17, 15) is 9.18 Å². The number of benzene rings is 1. The average Bonchev–Trinajstić information content (AvgIpc) is 2.10. The van der Waals surface area contributed by atoms with Crippen molar-refractivity contribution < 1.29 is 9.18 Å². The molecule has 0 bridgehead atoms. The number of rotatable bonds is 0. The van der Waals surface area contributed by atoms with Crippen molar-refractivity contribution in [3.63, 3.8) is 0 Å². The van der Waals surface area contributed by atoms with Crippen LogP contribution in [0.25, 0.3) is 0 Å². The number of halogens is 2. The maximum Gasteiger partial charge on any atom is 0.166 e. The van der Waals surface area contributed by atoms with E-state index in [0.717, 1.165) is 12.0 Å². The van der Waals surface area contributed by atoms with E-state index in [1.165, 1.54) is 6.07 Å². The maximum atomic E-state index is 13.5. The maximum absolute atomic E-state index is 13.5. The molecule has 1 aliphatic rings. The molecular formula is C11H10ClFO. The minimum Gasteiger partial charge on any atom is -0.294 e. The molecule has 0 aromatic heterocycles. The topological polar surface area (TPSA) is 17.1 Å². The van der Waals surface area contributed by atoms with Crippen LogP contribution in [0.1, 0.15) is 29.3 Å². The molecule has 0 heterocycles. The normalized spacial score (nSPS) is 20.8. The second-order valence-electron chi connectivity index (χ2n) is 3.83. The van der Waals surface area contributed by atoms with Crippen molar-refractivity contribution in [2.45, 2.75) is 19.8 Å². The molecule has 3 heteroatoms. The van der Waals surface area contributed by atoms with E-state index in [2.05, 4.69) is 0 Å². The molecule has 0 spiro atoms. The Morgan fingerprint density at radius 3 is 2.86 bits per heavy atom. The van der Waals surface area contributed by atoms with Gasteiger partial charge in [0.1, 0.15) is 0 Å². The first-order valence-electron chi connectivity index (χ1n) is 4.59. The summed E-state index contributed by atoms with van der Waals surface area (Å²) in [6, 6.07) is 3.26. The van der Waals surface area contributed by atoms with Gasteiger partial charge in [-0.05, 0) is 24.0 Å². The minimum absolute atomic E-state index is 0.0339. The van der Waals surface area contributed by atoms with Crippen molar-refractivity contribution in [1.29, 1.82) is 0 Å². The second-order valence-corrected chi connectivity index (χ2v) is 4.24. The Balaban J connectivity index is 2.60. The number of ketones is 1. The van der Waals surface area contributed by atoms with Crippen LogP contribution in [0.15, 0.2) is 12.1 Å². The van der Waals surface area contributed by atoms with Crippen LogP contribution in [0.2, 0.25) is 5.02 Å². The number of Topliss-reactive ketones (excluding diaryl/α,β-unsaturated/α-hetero) is 1. The van der Waals surface area contributed by atoms with E-state index in [1.807, 2.05) is 6.92 Å². The van der Waals surface area contributed by atoms with Crippen LogP contribution in [0, 0.1) is 11.7 Å². The SMILES string of the molecule is CC1CC(=O)c2c(ccc(Cl)c2F)C1. The quantitative estimate of drug-likeness (QED) is 0.645. The lowest BCUT2D eigenvalue weighted by atomic mass is 9.84. The largest absolute Gasteiger partial charge is 0.294 e. The standard InChI is InChI=1S/C11H10ClFO/c1-6-4-7-2-3-8(12)11(13)10(7)9(14)5-6/h2-3,6H,4-5H2,1H3. The highest BCUT2D eigenvalue weighted by Crippen LogP contribution is 2.30. The van der Waals surface area contributed by atoms with Gasteiger partial charge in [0, 0.05) is 6.42 Å². The van der Waals surface area contributed by atoms with Gasteiger partial charge in [0.05, 0.1) is 10.6 Å². The third-order valence-electron chi connectivity index (χ3n) is 2.56. The summed E-state index contributed by atoms with van der Waals surface area (Å²) < 4.78 is 13.5. The average molecular weight is 213 g/mol. The van der Waals surface area contributed by atoms with E-state index in [4.69, 9.17) is 11.6 Å². The van der Waals surface area contributed by atoms with Crippen molar-refractivity contribution in [2.75, 3.05) is 0 Å². The van der Waals surface area contributed by atoms with Gasteiger partial charge in [-0.15, -0.1) is 0 Å². The van der Waals surface area contributed by atoms with Crippen molar-refractivity contribution in [3.8, 4) is 0 Å². The van der Waals surface area contributed by atoms with Crippen LogP contribution in [0.4, 0.5) is 4.39 Å². The van der Waals surface area contributed by atoms with Crippen LogP contribution in [0.5, 0.6) is 0 Å². The molecule has 1 atom stereocenters. The Kier molecular flexibility index (Phi) is 2.31. The summed E-state index contributed by atoms with van der Waals surface area (Å²) in [6.07, 6.45) is 1.18. The zero-order valence-electron chi connectivity index (χ0n) is 7.81. The molecule has 0 N–H and O–H groups in total. The fourth-order valence-corrected chi connectivity index (χ4v) is 2.09. The third-order valence-corrected chi connectivity index (χ3v) is 2.85. The van der Waals surface area contributed by atoms with E-state index < -0.39 is 5.82 Å². The van der Waals surface area contributed by atoms with E-state index in [1.54, 1.807) is 6.07 Å². The summed E-state index contributed by atoms with van der Waals surface area (Å²) in [4.78, 5) is 11.6. The van der Waals surface area contributed by atoms with Crippen molar-refractivity contribution in [1.82, 2.24) is 0 Å². The molecular weight excluding hydrogens is 203 g/mol. The molecule has 1 aromatic rings. The van der Waals surface area contributed by atoms with Crippen LogP contribution in [-0.4, -0.2) is 5.78 Å². The first kappa shape index (κ1) is 9.66. The molecule has 0 saturated carbocycles. The predicted octanol–water partition coefficient (Wildman–Crippen LogP) is 3.24. The van der Waals surface area contributed by atoms with Gasteiger partial charge in [0.2, 0.25) is 0 Å². The van der Waals surface area contributed by atoms with Gasteiger partial charge in [-0.25, -0.2) is 4.39 Å². The van der Waals surface area contributed by atoms with Gasteiger partial charge >= 0.3 is 0 Å². The Morgan fingerprint density at radius 1 is 1.43 bits per heavy atom. The number of carbonyl (C=O) groups excluding carboxylic acids is 1. The number of carbonyl (C=O) groups is 1. The Morgan fingerprint density at radius 2 is 2.14 bits per heavy atom. The summed E-state index contributed by atoms with van der Waals surface area (Å²) in [5.74, 6) is -0.379. The molecule has 0 amide bonds. The first-order valence-corrected chi connectivity index (χ1v) is 4.97. The Labute approximate surface area is 86.9 Å². The van der Waals surface area contributed by atoms with Gasteiger partial charge in [-0.3, -0.25) is 4.79 Å². The lowest BCUT2D eigenvalue weighted by Crippen LogP contribution is -2.19. The van der Waals surface area contributed by atoms with Crippen molar-refractivity contribution in [3.05, 3.63) is 34.1 Å². The lowest BCUT2D eigenvalue weighted by molar-refractivity contribution is 0.0949.